The molecule has 0 unspecified atom stereocenters. The Balaban J connectivity index is 2.28. The van der Waals surface area contributed by atoms with Crippen LogP contribution in [-0.4, -0.2) is 51.9 Å². The van der Waals surface area contributed by atoms with E-state index in [2.05, 4.69) is 27.4 Å². The first-order valence-electron chi connectivity index (χ1n) is 11.0. The zero-order valence-corrected chi connectivity index (χ0v) is 19.8. The summed E-state index contributed by atoms with van der Waals surface area (Å²) in [5.74, 6) is -2.63. The largest absolute Gasteiger partial charge is 0.469 e. The quantitative estimate of drug-likeness (QED) is 0.324. The first-order valence-corrected chi connectivity index (χ1v) is 11.0. The number of rotatable bonds is 8. The third-order valence-electron chi connectivity index (χ3n) is 7.68. The topological polar surface area (TPSA) is 88.1 Å². The molecule has 0 saturated heterocycles. The van der Waals surface area contributed by atoms with Gasteiger partial charge in [-0.15, -0.1) is 0 Å². The van der Waals surface area contributed by atoms with Crippen LogP contribution in [0.25, 0.3) is 0 Å². The zero-order valence-electron chi connectivity index (χ0n) is 19.8. The molecular formula is C24H38O7. The Morgan fingerprint density at radius 3 is 2.26 bits per heavy atom. The van der Waals surface area contributed by atoms with Gasteiger partial charge in [0.1, 0.15) is 5.92 Å². The van der Waals surface area contributed by atoms with Crippen molar-refractivity contribution in [3.05, 3.63) is 12.2 Å². The van der Waals surface area contributed by atoms with E-state index >= 15 is 0 Å². The molecule has 2 aliphatic carbocycles. The molecule has 0 aromatic heterocycles. The van der Waals surface area contributed by atoms with Crippen molar-refractivity contribution in [2.75, 3.05) is 27.9 Å². The number of ether oxygens (including phenoxy) is 4. The van der Waals surface area contributed by atoms with Gasteiger partial charge in [0.15, 0.2) is 6.10 Å². The summed E-state index contributed by atoms with van der Waals surface area (Å²) in [6.07, 6.45) is 3.83. The molecular weight excluding hydrogens is 400 g/mol. The van der Waals surface area contributed by atoms with Crippen molar-refractivity contribution in [3.8, 4) is 0 Å². The van der Waals surface area contributed by atoms with Crippen LogP contribution in [0, 0.1) is 28.6 Å². The van der Waals surface area contributed by atoms with Crippen LogP contribution in [0.1, 0.15) is 59.3 Å². The number of carbonyl (C=O) groups is 3. The van der Waals surface area contributed by atoms with Crippen LogP contribution < -0.4 is 0 Å². The SMILES string of the molecule is C=C1CC[C@H]2C(C)(C)CCC[C@]2(C)[C@H]1CO[C@@H](C(=O)OC)[C@@H](CC(=O)OC)C(=O)OC. The van der Waals surface area contributed by atoms with Crippen LogP contribution in [0.5, 0.6) is 0 Å². The lowest BCUT2D eigenvalue weighted by Gasteiger charge is -2.58. The smallest absolute Gasteiger partial charge is 0.335 e. The third kappa shape index (κ3) is 5.30. The monoisotopic (exact) mass is 438 g/mol. The highest BCUT2D eigenvalue weighted by Crippen LogP contribution is 2.60. The Morgan fingerprint density at radius 2 is 1.68 bits per heavy atom. The summed E-state index contributed by atoms with van der Waals surface area (Å²) in [5, 5.41) is 0. The van der Waals surface area contributed by atoms with E-state index in [1.54, 1.807) is 0 Å². The number of hydrogen-bond acceptors (Lipinski definition) is 7. The van der Waals surface area contributed by atoms with E-state index < -0.39 is 29.9 Å². The van der Waals surface area contributed by atoms with Crippen molar-refractivity contribution >= 4 is 17.9 Å². The molecule has 31 heavy (non-hydrogen) atoms. The first-order chi connectivity index (χ1) is 14.5. The van der Waals surface area contributed by atoms with Gasteiger partial charge in [-0.05, 0) is 42.4 Å². The van der Waals surface area contributed by atoms with Crippen molar-refractivity contribution in [3.63, 3.8) is 0 Å². The summed E-state index contributed by atoms with van der Waals surface area (Å²) in [7, 11) is 3.66. The maximum absolute atomic E-state index is 12.5. The van der Waals surface area contributed by atoms with E-state index in [0.29, 0.717) is 5.92 Å². The van der Waals surface area contributed by atoms with Gasteiger partial charge in [0.05, 0.1) is 34.4 Å². The average molecular weight is 439 g/mol. The van der Waals surface area contributed by atoms with E-state index in [0.717, 1.165) is 31.3 Å². The Morgan fingerprint density at radius 1 is 1.03 bits per heavy atom. The molecule has 0 bridgehead atoms. The summed E-state index contributed by atoms with van der Waals surface area (Å²) < 4.78 is 20.5. The number of esters is 3. The van der Waals surface area contributed by atoms with Crippen LogP contribution in [0.15, 0.2) is 12.2 Å². The molecule has 0 aromatic carbocycles. The average Bonchev–Trinajstić information content (AvgIpc) is 2.72. The predicted molar refractivity (Wildman–Crippen MR) is 115 cm³/mol. The number of carbonyl (C=O) groups excluding carboxylic acids is 3. The van der Waals surface area contributed by atoms with Gasteiger partial charge >= 0.3 is 17.9 Å². The highest BCUT2D eigenvalue weighted by molar-refractivity contribution is 5.87. The molecule has 7 nitrogen and oxygen atoms in total. The normalized spacial score (nSPS) is 29.3. The fourth-order valence-electron chi connectivity index (χ4n) is 5.97. The van der Waals surface area contributed by atoms with E-state index in [1.807, 2.05) is 0 Å². The lowest BCUT2D eigenvalue weighted by molar-refractivity contribution is -0.174. The van der Waals surface area contributed by atoms with E-state index in [-0.39, 0.29) is 29.8 Å². The summed E-state index contributed by atoms with van der Waals surface area (Å²) in [5.41, 5.74) is 1.34. The van der Waals surface area contributed by atoms with Gasteiger partial charge in [-0.25, -0.2) is 4.79 Å². The molecule has 0 heterocycles. The molecule has 2 rings (SSSR count). The van der Waals surface area contributed by atoms with Gasteiger partial charge in [0.25, 0.3) is 0 Å². The van der Waals surface area contributed by atoms with E-state index in [4.69, 9.17) is 18.9 Å². The second-order valence-electron chi connectivity index (χ2n) is 9.84. The Hall–Kier alpha value is -1.89. The lowest BCUT2D eigenvalue weighted by atomic mass is 9.48. The highest BCUT2D eigenvalue weighted by Gasteiger charge is 2.53. The molecule has 2 aliphatic rings. The van der Waals surface area contributed by atoms with Crippen molar-refractivity contribution in [2.24, 2.45) is 28.6 Å². The molecule has 2 fully saturated rings. The third-order valence-corrected chi connectivity index (χ3v) is 7.68. The molecule has 5 atom stereocenters. The maximum atomic E-state index is 12.5. The van der Waals surface area contributed by atoms with Crippen molar-refractivity contribution in [1.29, 1.82) is 0 Å². The molecule has 0 aliphatic heterocycles. The summed E-state index contributed by atoms with van der Waals surface area (Å²) in [6.45, 7) is 11.5. The lowest BCUT2D eigenvalue weighted by Crippen LogP contribution is -2.51. The molecule has 7 heteroatoms. The Labute approximate surface area is 185 Å². The fraction of sp³-hybridized carbons (Fsp3) is 0.792. The molecule has 0 aromatic rings. The predicted octanol–water partition coefficient (Wildman–Crippen LogP) is 3.70. The molecule has 2 saturated carbocycles. The van der Waals surface area contributed by atoms with Gasteiger partial charge in [-0.1, -0.05) is 39.3 Å². The summed E-state index contributed by atoms with van der Waals surface area (Å²) in [4.78, 5) is 36.8. The molecule has 0 amide bonds. The second kappa shape index (κ2) is 10.2. The summed E-state index contributed by atoms with van der Waals surface area (Å²) >= 11 is 0. The van der Waals surface area contributed by atoms with Gasteiger partial charge < -0.3 is 18.9 Å². The zero-order chi connectivity index (χ0) is 23.4. The Kier molecular flexibility index (Phi) is 8.31. The van der Waals surface area contributed by atoms with Gasteiger partial charge in [0.2, 0.25) is 0 Å². The maximum Gasteiger partial charge on any atom is 0.335 e. The molecule has 0 spiro atoms. The summed E-state index contributed by atoms with van der Waals surface area (Å²) in [6, 6.07) is 0. The minimum Gasteiger partial charge on any atom is -0.469 e. The van der Waals surface area contributed by atoms with Crippen molar-refractivity contribution in [2.45, 2.75) is 65.4 Å². The minimum absolute atomic E-state index is 0.000857. The highest BCUT2D eigenvalue weighted by atomic mass is 16.6. The van der Waals surface area contributed by atoms with Crippen LogP contribution in [-0.2, 0) is 33.3 Å². The second-order valence-corrected chi connectivity index (χ2v) is 9.84. The van der Waals surface area contributed by atoms with Crippen LogP contribution in [0.4, 0.5) is 0 Å². The minimum atomic E-state index is -1.26. The standard InChI is InChI=1S/C24H38O7/c1-15-9-10-18-23(2,3)11-8-12-24(18,4)17(15)14-31-20(22(27)30-7)16(21(26)29-6)13-19(25)28-5/h16-18,20H,1,8-14H2,2-7H3/t16-,17+,18+,20-,24-/m1/s1. The van der Waals surface area contributed by atoms with Crippen molar-refractivity contribution in [1.82, 2.24) is 0 Å². The van der Waals surface area contributed by atoms with E-state index in [9.17, 15) is 14.4 Å². The van der Waals surface area contributed by atoms with E-state index in [1.165, 1.54) is 27.8 Å². The molecule has 0 N–H and O–H groups in total. The van der Waals surface area contributed by atoms with Crippen LogP contribution in [0.3, 0.4) is 0 Å². The van der Waals surface area contributed by atoms with Crippen molar-refractivity contribution < 1.29 is 33.3 Å². The number of fused-ring (bicyclic) bond motifs is 1. The number of hydrogen-bond donors (Lipinski definition) is 0. The Bertz CT molecular complexity index is 698. The van der Waals surface area contributed by atoms with Gasteiger partial charge in [0, 0.05) is 5.92 Å². The molecule has 176 valence electrons. The number of methoxy groups -OCH3 is 3. The van der Waals surface area contributed by atoms with Gasteiger partial charge in [-0.3, -0.25) is 9.59 Å². The van der Waals surface area contributed by atoms with Crippen LogP contribution in [0.2, 0.25) is 0 Å². The first kappa shape index (κ1) is 25.4. The van der Waals surface area contributed by atoms with Crippen LogP contribution >= 0.6 is 0 Å². The van der Waals surface area contributed by atoms with Gasteiger partial charge in [-0.2, -0.15) is 0 Å². The molecule has 0 radical (unpaired) electrons. The fourth-order valence-corrected chi connectivity index (χ4v) is 5.97.